The van der Waals surface area contributed by atoms with Gasteiger partial charge in [-0.3, -0.25) is 4.79 Å². The molecular weight excluding hydrogens is 753 g/mol. The van der Waals surface area contributed by atoms with E-state index in [1.165, 1.54) is 18.2 Å². The molecular formula is C48H58O11. The SMILES string of the molecule is CC[C@H](C)[C@H]1O[C@]2(CC[C@@H]1C)CC1C[C@@H](C/C=C(\C)[C@H](Oc3ccccc3)[C@@H](C)/C=C/C=C3\CO[C@@H]4[C@H](OC(=O)c5ccccc5C(=O)O)C(C)=C[C@@H](C(=O)O1)[C@]34O)O2. The number of carbonyl (C=O) groups is 3. The summed E-state index contributed by atoms with van der Waals surface area (Å²) in [7, 11) is 0. The quantitative estimate of drug-likeness (QED) is 0.206. The van der Waals surface area contributed by atoms with Gasteiger partial charge in [0.25, 0.3) is 0 Å². The molecule has 0 saturated carbocycles. The first kappa shape index (κ1) is 42.6. The van der Waals surface area contributed by atoms with Gasteiger partial charge < -0.3 is 38.6 Å². The van der Waals surface area contributed by atoms with Crippen molar-refractivity contribution in [1.29, 1.82) is 0 Å². The van der Waals surface area contributed by atoms with E-state index in [1.54, 1.807) is 25.1 Å². The molecule has 0 amide bonds. The highest BCUT2D eigenvalue weighted by Crippen LogP contribution is 2.48. The number of aliphatic hydroxyl groups is 1. The van der Waals surface area contributed by atoms with Crippen LogP contribution in [0.15, 0.2) is 102 Å². The van der Waals surface area contributed by atoms with E-state index in [4.69, 9.17) is 28.4 Å². The molecule has 3 fully saturated rings. The minimum atomic E-state index is -1.98. The fourth-order valence-electron chi connectivity index (χ4n) is 9.55. The van der Waals surface area contributed by atoms with Crippen LogP contribution < -0.4 is 4.74 Å². The summed E-state index contributed by atoms with van der Waals surface area (Å²) in [6.45, 7) is 12.4. The number of hydrogen-bond acceptors (Lipinski definition) is 10. The number of aromatic carboxylic acids is 1. The Bertz CT molecular complexity index is 2000. The third-order valence-electron chi connectivity index (χ3n) is 13.0. The minimum absolute atomic E-state index is 0.0221. The van der Waals surface area contributed by atoms with Gasteiger partial charge in [0.15, 0.2) is 11.9 Å². The summed E-state index contributed by atoms with van der Waals surface area (Å²) < 4.78 is 39.2. The van der Waals surface area contributed by atoms with Gasteiger partial charge >= 0.3 is 17.9 Å². The molecule has 11 heteroatoms. The maximum absolute atomic E-state index is 14.6. The predicted octanol–water partition coefficient (Wildman–Crippen LogP) is 8.18. The van der Waals surface area contributed by atoms with Gasteiger partial charge in [-0.05, 0) is 79.5 Å². The molecule has 5 aliphatic rings. The van der Waals surface area contributed by atoms with E-state index in [2.05, 4.69) is 40.7 Å². The lowest BCUT2D eigenvalue weighted by Gasteiger charge is -2.51. The molecule has 7 rings (SSSR count). The number of hydrogen-bond donors (Lipinski definition) is 2. The molecule has 2 N–H and O–H groups in total. The van der Waals surface area contributed by atoms with Gasteiger partial charge in [-0.25, -0.2) is 9.59 Å². The van der Waals surface area contributed by atoms with Crippen molar-refractivity contribution in [2.24, 2.45) is 23.7 Å². The average molecular weight is 811 g/mol. The second-order valence-corrected chi connectivity index (χ2v) is 17.2. The molecule has 2 aromatic carbocycles. The normalized spacial score (nSPS) is 37.6. The van der Waals surface area contributed by atoms with E-state index in [9.17, 15) is 24.6 Å². The highest BCUT2D eigenvalue weighted by molar-refractivity contribution is 6.02. The Labute approximate surface area is 347 Å². The molecule has 1 aliphatic carbocycles. The number of carbonyl (C=O) groups excluding carboxylic acids is 2. The molecule has 12 atom stereocenters. The molecule has 1 unspecified atom stereocenters. The van der Waals surface area contributed by atoms with E-state index in [1.807, 2.05) is 42.5 Å². The van der Waals surface area contributed by atoms with Crippen molar-refractivity contribution >= 4 is 17.9 Å². The van der Waals surface area contributed by atoms with Gasteiger partial charge in [0.05, 0.1) is 29.9 Å². The Kier molecular flexibility index (Phi) is 12.7. The molecule has 2 bridgehead atoms. The van der Waals surface area contributed by atoms with Crippen LogP contribution in [0.2, 0.25) is 0 Å². The topological polar surface area (TPSA) is 147 Å². The number of fused-ring (bicyclic) bond motifs is 2. The van der Waals surface area contributed by atoms with Crippen molar-refractivity contribution in [2.45, 2.75) is 128 Å². The Morgan fingerprint density at radius 2 is 1.69 bits per heavy atom. The van der Waals surface area contributed by atoms with Crippen molar-refractivity contribution in [2.75, 3.05) is 6.61 Å². The van der Waals surface area contributed by atoms with Crippen molar-refractivity contribution in [3.63, 3.8) is 0 Å². The number of carboxylic acid groups (broad SMARTS) is 1. The molecule has 0 aromatic heterocycles. The number of para-hydroxylation sites is 1. The van der Waals surface area contributed by atoms with Gasteiger partial charge in [0.1, 0.15) is 35.6 Å². The van der Waals surface area contributed by atoms with Crippen LogP contribution in [0.3, 0.4) is 0 Å². The predicted molar refractivity (Wildman–Crippen MR) is 220 cm³/mol. The number of allylic oxidation sites excluding steroid dienone is 2. The van der Waals surface area contributed by atoms with Crippen LogP contribution in [0.4, 0.5) is 0 Å². The van der Waals surface area contributed by atoms with E-state index in [-0.39, 0.29) is 42.0 Å². The molecule has 3 saturated heterocycles. The van der Waals surface area contributed by atoms with E-state index < -0.39 is 53.5 Å². The van der Waals surface area contributed by atoms with Crippen LogP contribution in [0, 0.1) is 23.7 Å². The number of carboxylic acids is 1. The lowest BCUT2D eigenvalue weighted by Crippen LogP contribution is -2.59. The standard InChI is InChI=1S/C48H58O11/c1-7-28(2)41-31(5)22-23-47(59-41)26-36-25-35(58-47)21-20-30(4)40(55-34-16-9-8-10-17-34)29(3)14-13-15-33-27-54-43-42(32(6)24-39(46(52)56-36)48(33,43)53)57-45(51)38-19-12-11-18-37(38)44(49)50/h8-20,24,28-29,31,35-36,39-43,53H,7,21-23,25-27H2,1-6H3,(H,49,50)/b14-13+,30-20+,33-15+/t28-,29-,31-,35+,36?,39-,40+,41+,42+,43+,47+,48+/m0/s1. The van der Waals surface area contributed by atoms with Crippen LogP contribution in [0.25, 0.3) is 0 Å². The molecule has 2 aromatic rings. The highest BCUT2D eigenvalue weighted by Gasteiger charge is 2.61. The van der Waals surface area contributed by atoms with E-state index in [0.717, 1.165) is 24.2 Å². The second kappa shape index (κ2) is 17.6. The smallest absolute Gasteiger partial charge is 0.339 e. The molecule has 59 heavy (non-hydrogen) atoms. The first-order chi connectivity index (χ1) is 28.2. The third-order valence-corrected chi connectivity index (χ3v) is 13.0. The molecule has 4 aliphatic heterocycles. The summed E-state index contributed by atoms with van der Waals surface area (Å²) in [6, 6.07) is 15.5. The molecule has 0 radical (unpaired) electrons. The van der Waals surface area contributed by atoms with Gasteiger partial charge in [-0.2, -0.15) is 0 Å². The Morgan fingerprint density at radius 1 is 0.966 bits per heavy atom. The lowest BCUT2D eigenvalue weighted by molar-refractivity contribution is -0.340. The molecule has 1 spiro atoms. The number of esters is 2. The minimum Gasteiger partial charge on any atom is -0.485 e. The van der Waals surface area contributed by atoms with Gasteiger partial charge in [-0.15, -0.1) is 0 Å². The van der Waals surface area contributed by atoms with E-state index >= 15 is 0 Å². The number of benzene rings is 2. The van der Waals surface area contributed by atoms with E-state index in [0.29, 0.717) is 48.7 Å². The van der Waals surface area contributed by atoms with Crippen molar-refractivity contribution in [3.8, 4) is 5.75 Å². The maximum Gasteiger partial charge on any atom is 0.339 e. The van der Waals surface area contributed by atoms with Gasteiger partial charge in [0, 0.05) is 25.2 Å². The van der Waals surface area contributed by atoms with Crippen LogP contribution in [-0.2, 0) is 28.5 Å². The van der Waals surface area contributed by atoms with Crippen molar-refractivity contribution in [1.82, 2.24) is 0 Å². The number of ether oxygens (including phenoxy) is 6. The Hall–Kier alpha value is -4.55. The summed E-state index contributed by atoms with van der Waals surface area (Å²) in [5.74, 6) is -3.73. The first-order valence-electron chi connectivity index (χ1n) is 21.1. The largest absolute Gasteiger partial charge is 0.485 e. The number of rotatable bonds is 7. The Morgan fingerprint density at radius 3 is 2.42 bits per heavy atom. The lowest BCUT2D eigenvalue weighted by atomic mass is 9.70. The van der Waals surface area contributed by atoms with Crippen LogP contribution in [0.1, 0.15) is 101 Å². The summed E-state index contributed by atoms with van der Waals surface area (Å²) in [5.41, 5.74) is -0.444. The average Bonchev–Trinajstić information content (AvgIpc) is 3.56. The van der Waals surface area contributed by atoms with Crippen molar-refractivity contribution in [3.05, 3.63) is 113 Å². The highest BCUT2D eigenvalue weighted by atomic mass is 16.7. The summed E-state index contributed by atoms with van der Waals surface area (Å²) >= 11 is 0. The molecule has 316 valence electrons. The second-order valence-electron chi connectivity index (χ2n) is 17.2. The zero-order valence-corrected chi connectivity index (χ0v) is 34.9. The summed E-state index contributed by atoms with van der Waals surface area (Å²) in [6.07, 6.45) is 9.55. The summed E-state index contributed by atoms with van der Waals surface area (Å²) in [5, 5.41) is 22.7. The van der Waals surface area contributed by atoms with Gasteiger partial charge in [-0.1, -0.05) is 94.8 Å². The zero-order chi connectivity index (χ0) is 42.1. The third kappa shape index (κ3) is 8.71. The maximum atomic E-state index is 14.6. The van der Waals surface area contributed by atoms with Crippen LogP contribution in [0.5, 0.6) is 5.75 Å². The fraction of sp³-hybridized carbons (Fsp3) is 0.521. The van der Waals surface area contributed by atoms with Crippen LogP contribution >= 0.6 is 0 Å². The zero-order valence-electron chi connectivity index (χ0n) is 34.9. The first-order valence-corrected chi connectivity index (χ1v) is 21.1. The van der Waals surface area contributed by atoms with Gasteiger partial charge in [0.2, 0.25) is 0 Å². The van der Waals surface area contributed by atoms with Crippen molar-refractivity contribution < 1.29 is 53.0 Å². The molecule has 4 heterocycles. The monoisotopic (exact) mass is 810 g/mol. The van der Waals surface area contributed by atoms with Crippen LogP contribution in [-0.4, -0.2) is 82.7 Å². The summed E-state index contributed by atoms with van der Waals surface area (Å²) in [4.78, 5) is 40.2. The fourth-order valence-corrected chi connectivity index (χ4v) is 9.55. The Balaban J connectivity index is 1.28. The molecule has 11 nitrogen and oxygen atoms in total.